The largest absolute Gasteiger partial charge is 0.474 e. The zero-order chi connectivity index (χ0) is 29.1. The number of nitriles is 1. The van der Waals surface area contributed by atoms with Gasteiger partial charge in [-0.1, -0.05) is 23.4 Å². The van der Waals surface area contributed by atoms with Crippen molar-refractivity contribution in [2.45, 2.75) is 82.3 Å². The van der Waals surface area contributed by atoms with E-state index in [2.05, 4.69) is 31.5 Å². The second kappa shape index (κ2) is 12.0. The third-order valence-electron chi connectivity index (χ3n) is 7.86. The quantitative estimate of drug-likeness (QED) is 0.402. The zero-order valence-electron chi connectivity index (χ0n) is 23.7. The summed E-state index contributed by atoms with van der Waals surface area (Å²) in [6.45, 7) is 6.54. The number of nitrogens with zero attached hydrogens (tertiary/aromatic N) is 6. The predicted octanol–water partition coefficient (Wildman–Crippen LogP) is 4.21. The third kappa shape index (κ3) is 6.47. The Morgan fingerprint density at radius 3 is 2.71 bits per heavy atom. The minimum absolute atomic E-state index is 0.0303. The van der Waals surface area contributed by atoms with E-state index in [0.29, 0.717) is 37.9 Å². The van der Waals surface area contributed by atoms with Crippen LogP contribution in [0.1, 0.15) is 57.9 Å². The van der Waals surface area contributed by atoms with E-state index in [1.165, 1.54) is 6.07 Å². The number of nitrogens with one attached hydrogen (secondary N) is 1. The summed E-state index contributed by atoms with van der Waals surface area (Å²) in [5, 5.41) is 16.5. The molecular weight excluding hydrogens is 532 g/mol. The summed E-state index contributed by atoms with van der Waals surface area (Å²) in [7, 11) is 1.87. The Bertz CT molecular complexity index is 1390. The van der Waals surface area contributed by atoms with Crippen LogP contribution in [-0.2, 0) is 5.41 Å². The molecule has 0 saturated carbocycles. The van der Waals surface area contributed by atoms with Crippen molar-refractivity contribution in [1.82, 2.24) is 30.3 Å². The molecule has 0 radical (unpaired) electrons. The first-order chi connectivity index (χ1) is 19.6. The Kier molecular flexibility index (Phi) is 8.47. The number of alkyl halides is 1. The number of hydrogen-bond donors (Lipinski definition) is 1. The highest BCUT2D eigenvalue weighted by atomic mass is 19.1. The fraction of sp³-hybridized carbons (Fsp3) is 0.552. The molecule has 2 aliphatic heterocycles. The van der Waals surface area contributed by atoms with Crippen LogP contribution >= 0.6 is 0 Å². The summed E-state index contributed by atoms with van der Waals surface area (Å²) in [6, 6.07) is 10.2. The number of likely N-dealkylation sites (tertiary alicyclic amines) is 1. The first-order valence-corrected chi connectivity index (χ1v) is 13.9. The highest BCUT2D eigenvalue weighted by Crippen LogP contribution is 2.34. The van der Waals surface area contributed by atoms with E-state index < -0.39 is 11.6 Å². The van der Waals surface area contributed by atoms with Crippen LogP contribution in [0.15, 0.2) is 34.9 Å². The van der Waals surface area contributed by atoms with Gasteiger partial charge in [0.1, 0.15) is 24.2 Å². The molecule has 5 rings (SSSR count). The number of halogens is 2. The van der Waals surface area contributed by atoms with Gasteiger partial charge in [-0.2, -0.15) is 20.2 Å². The van der Waals surface area contributed by atoms with Gasteiger partial charge in [0.2, 0.25) is 29.3 Å². The molecule has 0 spiro atoms. The first-order valence-electron chi connectivity index (χ1n) is 13.9. The molecular formula is C29H35F2N7O3. The lowest BCUT2D eigenvalue weighted by Gasteiger charge is -2.29. The monoisotopic (exact) mass is 567 g/mol. The highest BCUT2D eigenvalue weighted by molar-refractivity contribution is 5.46. The minimum atomic E-state index is -0.917. The predicted molar refractivity (Wildman–Crippen MR) is 146 cm³/mol. The smallest absolute Gasteiger partial charge is 0.240 e. The van der Waals surface area contributed by atoms with Gasteiger partial charge >= 0.3 is 0 Å². The van der Waals surface area contributed by atoms with Crippen molar-refractivity contribution in [3.8, 4) is 29.5 Å². The fourth-order valence-electron chi connectivity index (χ4n) is 5.57. The molecule has 3 aromatic rings. The summed E-state index contributed by atoms with van der Waals surface area (Å²) < 4.78 is 46.7. The standard InChI is InChI=1S/C29H35F2N7O3/c1-17(23-13-18(30)16-38(23)4)39-24-15-25(40-20-10-12-33-19(14-20)9-11-32)35-26(34-24)27-36-28(41-37-27)29(2,3)21-7-5-6-8-22(21)31/h5-8,15,17-20,23,33H,9-10,12-14,16H2,1-4H3/t17-,18+,19+,20-,23-/m0/s1. The first kappa shape index (κ1) is 28.8. The molecule has 218 valence electrons. The molecule has 2 fully saturated rings. The van der Waals surface area contributed by atoms with Gasteiger partial charge in [0.25, 0.3) is 0 Å². The summed E-state index contributed by atoms with van der Waals surface area (Å²) >= 11 is 0. The van der Waals surface area contributed by atoms with Gasteiger partial charge in [0.15, 0.2) is 0 Å². The Labute approximate surface area is 238 Å². The molecule has 0 aliphatic carbocycles. The van der Waals surface area contributed by atoms with Gasteiger partial charge in [0, 0.05) is 30.6 Å². The van der Waals surface area contributed by atoms with E-state index in [0.717, 1.165) is 6.42 Å². The van der Waals surface area contributed by atoms with Crippen molar-refractivity contribution in [1.29, 1.82) is 5.26 Å². The van der Waals surface area contributed by atoms with Gasteiger partial charge < -0.3 is 19.3 Å². The maximum Gasteiger partial charge on any atom is 0.240 e. The Morgan fingerprint density at radius 2 is 1.98 bits per heavy atom. The number of piperidine rings is 1. The maximum absolute atomic E-state index is 14.6. The SMILES string of the molecule is C[C@H](Oc1cc(O[C@H]2CCN[C@H](CC#N)C2)nc(-c2noc(C(C)(C)c3ccccc3F)n2)n1)[C@@H]1C[C@@H](F)CN1C. The molecule has 0 unspecified atom stereocenters. The molecule has 5 atom stereocenters. The maximum atomic E-state index is 14.6. The van der Waals surface area contributed by atoms with Gasteiger partial charge in [-0.05, 0) is 53.3 Å². The lowest BCUT2D eigenvalue weighted by molar-refractivity contribution is 0.113. The van der Waals surface area contributed by atoms with Crippen LogP contribution in [0.4, 0.5) is 8.78 Å². The van der Waals surface area contributed by atoms with E-state index in [9.17, 15) is 8.78 Å². The number of benzene rings is 1. The van der Waals surface area contributed by atoms with E-state index in [-0.39, 0.29) is 59.4 Å². The van der Waals surface area contributed by atoms with Gasteiger partial charge in [-0.25, -0.2) is 8.78 Å². The summed E-state index contributed by atoms with van der Waals surface area (Å²) in [6.07, 6.45) is 0.692. The number of aromatic nitrogens is 4. The Balaban J connectivity index is 1.44. The average Bonchev–Trinajstić information content (AvgIpc) is 3.56. The van der Waals surface area contributed by atoms with Crippen LogP contribution in [0, 0.1) is 17.1 Å². The van der Waals surface area contributed by atoms with Gasteiger partial charge in [0.05, 0.1) is 24.0 Å². The van der Waals surface area contributed by atoms with E-state index in [1.54, 1.807) is 38.1 Å². The molecule has 2 aliphatic rings. The number of likely N-dealkylation sites (N-methyl/N-ethyl adjacent to an activating group) is 1. The fourth-order valence-corrected chi connectivity index (χ4v) is 5.57. The molecule has 1 N–H and O–H groups in total. The highest BCUT2D eigenvalue weighted by Gasteiger charge is 2.36. The van der Waals surface area contributed by atoms with Crippen molar-refractivity contribution in [3.63, 3.8) is 0 Å². The molecule has 0 amide bonds. The van der Waals surface area contributed by atoms with Crippen LogP contribution in [0.25, 0.3) is 11.6 Å². The molecule has 41 heavy (non-hydrogen) atoms. The number of rotatable bonds is 9. The second-order valence-electron chi connectivity index (χ2n) is 11.3. The van der Waals surface area contributed by atoms with Gasteiger partial charge in [-0.15, -0.1) is 0 Å². The zero-order valence-corrected chi connectivity index (χ0v) is 23.7. The van der Waals surface area contributed by atoms with Crippen LogP contribution < -0.4 is 14.8 Å². The van der Waals surface area contributed by atoms with Crippen LogP contribution in [0.5, 0.6) is 11.8 Å². The molecule has 10 nitrogen and oxygen atoms in total. The normalized spacial score (nSPS) is 24.1. The van der Waals surface area contributed by atoms with E-state index in [1.807, 2.05) is 18.9 Å². The lowest BCUT2D eigenvalue weighted by Crippen LogP contribution is -2.42. The molecule has 1 aromatic carbocycles. The topological polar surface area (TPSA) is 122 Å². The van der Waals surface area contributed by atoms with E-state index in [4.69, 9.17) is 19.3 Å². The molecule has 2 saturated heterocycles. The van der Waals surface area contributed by atoms with Crippen LogP contribution in [0.3, 0.4) is 0 Å². The number of hydrogen-bond acceptors (Lipinski definition) is 10. The van der Waals surface area contributed by atoms with Crippen molar-refractivity contribution in [2.75, 3.05) is 20.1 Å². The van der Waals surface area contributed by atoms with Crippen molar-refractivity contribution in [3.05, 3.63) is 47.6 Å². The van der Waals surface area contributed by atoms with Crippen molar-refractivity contribution < 1.29 is 22.8 Å². The van der Waals surface area contributed by atoms with Crippen LogP contribution in [0.2, 0.25) is 0 Å². The summed E-state index contributed by atoms with van der Waals surface area (Å²) in [4.78, 5) is 15.6. The number of ether oxygens (including phenoxy) is 2. The van der Waals surface area contributed by atoms with Crippen molar-refractivity contribution >= 4 is 0 Å². The van der Waals surface area contributed by atoms with Crippen molar-refractivity contribution in [2.24, 2.45) is 0 Å². The minimum Gasteiger partial charge on any atom is -0.474 e. The molecule has 0 bridgehead atoms. The lowest BCUT2D eigenvalue weighted by atomic mass is 9.84. The average molecular weight is 568 g/mol. The Hall–Kier alpha value is -3.69. The molecule has 2 aromatic heterocycles. The van der Waals surface area contributed by atoms with Gasteiger partial charge in [-0.3, -0.25) is 4.90 Å². The Morgan fingerprint density at radius 1 is 1.20 bits per heavy atom. The third-order valence-corrected chi connectivity index (χ3v) is 7.86. The second-order valence-corrected chi connectivity index (χ2v) is 11.3. The van der Waals surface area contributed by atoms with Crippen LogP contribution in [-0.4, -0.2) is 75.6 Å². The molecule has 12 heteroatoms. The summed E-state index contributed by atoms with van der Waals surface area (Å²) in [5.74, 6) is 0.537. The molecule has 4 heterocycles. The summed E-state index contributed by atoms with van der Waals surface area (Å²) in [5.41, 5.74) is -0.505. The van der Waals surface area contributed by atoms with E-state index >= 15 is 0 Å².